The molecule has 0 bridgehead atoms. The van der Waals surface area contributed by atoms with Gasteiger partial charge in [-0.05, 0) is 31.4 Å². The number of benzene rings is 1. The zero-order chi connectivity index (χ0) is 14.6. The largest absolute Gasteiger partial charge is 0.378 e. The number of hydrogen-bond donors (Lipinski definition) is 1. The first-order valence-electron chi connectivity index (χ1n) is 6.99. The molecule has 6 heteroatoms. The highest BCUT2D eigenvalue weighted by atomic mass is 32.2. The van der Waals surface area contributed by atoms with E-state index < -0.39 is 10.0 Å². The second kappa shape index (κ2) is 6.67. The average Bonchev–Trinajstić information content (AvgIpc) is 2.48. The maximum absolute atomic E-state index is 12.7. The van der Waals surface area contributed by atoms with Crippen LogP contribution in [0.4, 0.5) is 0 Å². The van der Waals surface area contributed by atoms with E-state index in [0.717, 1.165) is 12.8 Å². The Kier molecular flexibility index (Phi) is 5.15. The van der Waals surface area contributed by atoms with Gasteiger partial charge in [-0.3, -0.25) is 0 Å². The van der Waals surface area contributed by atoms with Gasteiger partial charge in [0.15, 0.2) is 0 Å². The Morgan fingerprint density at radius 1 is 1.30 bits per heavy atom. The lowest BCUT2D eigenvalue weighted by Gasteiger charge is -2.31. The van der Waals surface area contributed by atoms with E-state index in [2.05, 4.69) is 0 Å². The molecule has 2 rings (SSSR count). The molecule has 0 amide bonds. The van der Waals surface area contributed by atoms with Crippen LogP contribution in [0.3, 0.4) is 0 Å². The van der Waals surface area contributed by atoms with Gasteiger partial charge in [0.1, 0.15) is 0 Å². The van der Waals surface area contributed by atoms with Crippen LogP contribution in [0.15, 0.2) is 29.2 Å². The van der Waals surface area contributed by atoms with E-state index in [0.29, 0.717) is 30.2 Å². The SMILES string of the molecule is CCOC1CCN(S(=O)(=O)c2ccccc2CN)CC1. The predicted octanol–water partition coefficient (Wildman–Crippen LogP) is 1.33. The minimum absolute atomic E-state index is 0.177. The molecule has 0 unspecified atom stereocenters. The van der Waals surface area contributed by atoms with Gasteiger partial charge in [-0.2, -0.15) is 4.31 Å². The summed E-state index contributed by atoms with van der Waals surface area (Å²) in [6.07, 6.45) is 1.67. The summed E-state index contributed by atoms with van der Waals surface area (Å²) in [7, 11) is -3.45. The summed E-state index contributed by atoms with van der Waals surface area (Å²) in [5.41, 5.74) is 6.30. The summed E-state index contributed by atoms with van der Waals surface area (Å²) >= 11 is 0. The Bertz CT molecular complexity index is 537. The smallest absolute Gasteiger partial charge is 0.243 e. The van der Waals surface area contributed by atoms with Crippen molar-refractivity contribution in [2.24, 2.45) is 5.73 Å². The molecule has 5 nitrogen and oxygen atoms in total. The molecule has 1 aliphatic rings. The molecule has 112 valence electrons. The standard InChI is InChI=1S/C14H22N2O3S/c1-2-19-13-7-9-16(10-8-13)20(17,18)14-6-4-3-5-12(14)11-15/h3-6,13H,2,7-11,15H2,1H3. The number of hydrogen-bond acceptors (Lipinski definition) is 4. The third kappa shape index (κ3) is 3.20. The van der Waals surface area contributed by atoms with Gasteiger partial charge in [0.25, 0.3) is 0 Å². The summed E-state index contributed by atoms with van der Waals surface area (Å²) in [4.78, 5) is 0.331. The Morgan fingerprint density at radius 3 is 2.55 bits per heavy atom. The van der Waals surface area contributed by atoms with Crippen LogP contribution in [0.25, 0.3) is 0 Å². The Hall–Kier alpha value is -0.950. The van der Waals surface area contributed by atoms with Crippen molar-refractivity contribution >= 4 is 10.0 Å². The number of nitrogens with zero attached hydrogens (tertiary/aromatic N) is 1. The summed E-state index contributed by atoms with van der Waals surface area (Å²) in [5.74, 6) is 0. The summed E-state index contributed by atoms with van der Waals surface area (Å²) in [5, 5.41) is 0. The van der Waals surface area contributed by atoms with E-state index in [1.165, 1.54) is 4.31 Å². The van der Waals surface area contributed by atoms with Gasteiger partial charge < -0.3 is 10.5 Å². The second-order valence-corrected chi connectivity index (χ2v) is 6.78. The van der Waals surface area contributed by atoms with Gasteiger partial charge in [0.2, 0.25) is 10.0 Å². The van der Waals surface area contributed by atoms with Gasteiger partial charge >= 0.3 is 0 Å². The molecule has 0 saturated carbocycles. The molecule has 1 aromatic carbocycles. The van der Waals surface area contributed by atoms with Crippen LogP contribution in [0.1, 0.15) is 25.3 Å². The summed E-state index contributed by atoms with van der Waals surface area (Å²) < 4.78 is 32.4. The lowest BCUT2D eigenvalue weighted by molar-refractivity contribution is 0.0290. The zero-order valence-electron chi connectivity index (χ0n) is 11.8. The predicted molar refractivity (Wildman–Crippen MR) is 77.7 cm³/mol. The van der Waals surface area contributed by atoms with Crippen LogP contribution in [0.5, 0.6) is 0 Å². The molecular weight excluding hydrogens is 276 g/mol. The fourth-order valence-corrected chi connectivity index (χ4v) is 4.24. The molecule has 20 heavy (non-hydrogen) atoms. The molecule has 0 spiro atoms. The van der Waals surface area contributed by atoms with Crippen LogP contribution < -0.4 is 5.73 Å². The average molecular weight is 298 g/mol. The van der Waals surface area contributed by atoms with Crippen molar-refractivity contribution in [3.63, 3.8) is 0 Å². The minimum Gasteiger partial charge on any atom is -0.378 e. The fourth-order valence-electron chi connectivity index (χ4n) is 2.54. The molecular formula is C14H22N2O3S. The molecule has 1 heterocycles. The van der Waals surface area contributed by atoms with Crippen molar-refractivity contribution in [2.45, 2.75) is 37.3 Å². The van der Waals surface area contributed by atoms with Crippen LogP contribution in [0.2, 0.25) is 0 Å². The van der Waals surface area contributed by atoms with Crippen LogP contribution in [-0.2, 0) is 21.3 Å². The van der Waals surface area contributed by atoms with Gasteiger partial charge in [-0.15, -0.1) is 0 Å². The first-order chi connectivity index (χ1) is 9.59. The van der Waals surface area contributed by atoms with E-state index in [4.69, 9.17) is 10.5 Å². The molecule has 1 fully saturated rings. The number of nitrogens with two attached hydrogens (primary N) is 1. The quantitative estimate of drug-likeness (QED) is 0.890. The van der Waals surface area contributed by atoms with Crippen molar-refractivity contribution in [3.05, 3.63) is 29.8 Å². The molecule has 0 radical (unpaired) electrons. The second-order valence-electron chi connectivity index (χ2n) is 4.87. The van der Waals surface area contributed by atoms with E-state index in [-0.39, 0.29) is 12.6 Å². The highest BCUT2D eigenvalue weighted by Gasteiger charge is 2.30. The van der Waals surface area contributed by atoms with Crippen LogP contribution in [-0.4, -0.2) is 38.5 Å². The van der Waals surface area contributed by atoms with Gasteiger partial charge in [0.05, 0.1) is 11.0 Å². The maximum Gasteiger partial charge on any atom is 0.243 e. The normalized spacial score (nSPS) is 18.3. The summed E-state index contributed by atoms with van der Waals surface area (Å²) in [6, 6.07) is 6.94. The number of piperidine rings is 1. The van der Waals surface area contributed by atoms with E-state index in [1.807, 2.05) is 13.0 Å². The molecule has 0 aromatic heterocycles. The number of sulfonamides is 1. The zero-order valence-corrected chi connectivity index (χ0v) is 12.6. The summed E-state index contributed by atoms with van der Waals surface area (Å²) in [6.45, 7) is 3.87. The number of rotatable bonds is 5. The topological polar surface area (TPSA) is 72.6 Å². The highest BCUT2D eigenvalue weighted by Crippen LogP contribution is 2.24. The maximum atomic E-state index is 12.7. The van der Waals surface area contributed by atoms with Gasteiger partial charge in [-0.25, -0.2) is 8.42 Å². The molecule has 2 N–H and O–H groups in total. The Morgan fingerprint density at radius 2 is 1.95 bits per heavy atom. The lowest BCUT2D eigenvalue weighted by atomic mass is 10.1. The van der Waals surface area contributed by atoms with E-state index in [9.17, 15) is 8.42 Å². The van der Waals surface area contributed by atoms with Crippen molar-refractivity contribution in [1.82, 2.24) is 4.31 Å². The Labute approximate surface area is 120 Å². The molecule has 0 aliphatic carbocycles. The van der Waals surface area contributed by atoms with Crippen molar-refractivity contribution in [1.29, 1.82) is 0 Å². The third-order valence-corrected chi connectivity index (χ3v) is 5.61. The molecule has 0 atom stereocenters. The van der Waals surface area contributed by atoms with Gasteiger partial charge in [-0.1, -0.05) is 18.2 Å². The minimum atomic E-state index is -3.45. The van der Waals surface area contributed by atoms with Gasteiger partial charge in [0, 0.05) is 26.2 Å². The van der Waals surface area contributed by atoms with E-state index in [1.54, 1.807) is 18.2 Å². The highest BCUT2D eigenvalue weighted by molar-refractivity contribution is 7.89. The monoisotopic (exact) mass is 298 g/mol. The first kappa shape index (κ1) is 15.4. The van der Waals surface area contributed by atoms with Crippen LogP contribution in [0, 0.1) is 0 Å². The Balaban J connectivity index is 2.16. The molecule has 1 aromatic rings. The molecule has 1 aliphatic heterocycles. The first-order valence-corrected chi connectivity index (χ1v) is 8.43. The number of ether oxygens (including phenoxy) is 1. The fraction of sp³-hybridized carbons (Fsp3) is 0.571. The third-order valence-electron chi connectivity index (χ3n) is 3.61. The van der Waals surface area contributed by atoms with Crippen molar-refractivity contribution in [2.75, 3.05) is 19.7 Å². The van der Waals surface area contributed by atoms with Crippen molar-refractivity contribution in [3.8, 4) is 0 Å². The molecule has 1 saturated heterocycles. The lowest BCUT2D eigenvalue weighted by Crippen LogP contribution is -2.41. The van der Waals surface area contributed by atoms with E-state index >= 15 is 0 Å². The van der Waals surface area contributed by atoms with Crippen LogP contribution >= 0.6 is 0 Å². The van der Waals surface area contributed by atoms with Crippen molar-refractivity contribution < 1.29 is 13.2 Å².